The molecular weight excluding hydrogens is 250 g/mol. The minimum Gasteiger partial charge on any atom is -0.355 e. The van der Waals surface area contributed by atoms with Crippen molar-refractivity contribution in [1.82, 2.24) is 10.6 Å². The summed E-state index contributed by atoms with van der Waals surface area (Å²) >= 11 is 0. The molecule has 0 aliphatic rings. The molecule has 0 aliphatic carbocycles. The van der Waals surface area contributed by atoms with Gasteiger partial charge in [0.25, 0.3) is 11.6 Å². The number of aryl methyl sites for hydroxylation is 1. The van der Waals surface area contributed by atoms with E-state index in [1.807, 2.05) is 0 Å². The van der Waals surface area contributed by atoms with Gasteiger partial charge in [-0.05, 0) is 19.1 Å². The lowest BCUT2D eigenvalue weighted by Gasteiger charge is -2.06. The van der Waals surface area contributed by atoms with Gasteiger partial charge in [0.1, 0.15) is 0 Å². The van der Waals surface area contributed by atoms with Crippen LogP contribution in [0.15, 0.2) is 18.2 Å². The molecule has 0 atom stereocenters. The first-order chi connectivity index (χ1) is 8.91. The van der Waals surface area contributed by atoms with Crippen LogP contribution in [0, 0.1) is 17.0 Å². The van der Waals surface area contributed by atoms with Gasteiger partial charge in [-0.25, -0.2) is 0 Å². The van der Waals surface area contributed by atoms with Crippen molar-refractivity contribution >= 4 is 17.5 Å². The highest BCUT2D eigenvalue weighted by Gasteiger charge is 2.13. The number of rotatable bonds is 5. The maximum absolute atomic E-state index is 11.7. The molecule has 1 rings (SSSR count). The van der Waals surface area contributed by atoms with Crippen molar-refractivity contribution in [3.05, 3.63) is 39.4 Å². The van der Waals surface area contributed by atoms with Crippen molar-refractivity contribution in [2.24, 2.45) is 0 Å². The second-order valence-electron chi connectivity index (χ2n) is 4.00. The van der Waals surface area contributed by atoms with Crippen LogP contribution in [0.4, 0.5) is 5.69 Å². The Morgan fingerprint density at radius 3 is 2.42 bits per heavy atom. The molecule has 7 nitrogen and oxygen atoms in total. The van der Waals surface area contributed by atoms with E-state index in [4.69, 9.17) is 0 Å². The van der Waals surface area contributed by atoms with Crippen LogP contribution in [-0.4, -0.2) is 29.8 Å². The van der Waals surface area contributed by atoms with Crippen molar-refractivity contribution in [2.75, 3.05) is 13.1 Å². The Bertz CT molecular complexity index is 514. The van der Waals surface area contributed by atoms with E-state index in [0.29, 0.717) is 24.2 Å². The van der Waals surface area contributed by atoms with Crippen molar-refractivity contribution in [2.45, 2.75) is 13.8 Å². The number of carbonyl (C=O) groups is 2. The molecule has 2 amide bonds. The number of nitrogens with zero attached hydrogens (tertiary/aromatic N) is 1. The van der Waals surface area contributed by atoms with Gasteiger partial charge in [0.05, 0.1) is 4.92 Å². The summed E-state index contributed by atoms with van der Waals surface area (Å²) in [6.07, 6.45) is 0. The Labute approximate surface area is 110 Å². The molecule has 7 heteroatoms. The van der Waals surface area contributed by atoms with E-state index in [9.17, 15) is 19.7 Å². The highest BCUT2D eigenvalue weighted by molar-refractivity contribution is 5.94. The fourth-order valence-electron chi connectivity index (χ4n) is 1.52. The van der Waals surface area contributed by atoms with Gasteiger partial charge in [0.2, 0.25) is 5.91 Å². The first-order valence-electron chi connectivity index (χ1n) is 5.69. The maximum Gasteiger partial charge on any atom is 0.272 e. The smallest absolute Gasteiger partial charge is 0.272 e. The Balaban J connectivity index is 2.60. The zero-order chi connectivity index (χ0) is 14.4. The molecule has 0 aromatic heterocycles. The van der Waals surface area contributed by atoms with Crippen LogP contribution < -0.4 is 10.6 Å². The molecule has 0 heterocycles. The van der Waals surface area contributed by atoms with E-state index in [2.05, 4.69) is 10.6 Å². The molecule has 0 radical (unpaired) electrons. The molecule has 102 valence electrons. The highest BCUT2D eigenvalue weighted by Crippen LogP contribution is 2.18. The van der Waals surface area contributed by atoms with Crippen LogP contribution in [0.1, 0.15) is 22.8 Å². The molecule has 0 bridgehead atoms. The van der Waals surface area contributed by atoms with Crippen LogP contribution in [0.3, 0.4) is 0 Å². The number of nitrogens with one attached hydrogen (secondary N) is 2. The molecule has 2 N–H and O–H groups in total. The summed E-state index contributed by atoms with van der Waals surface area (Å²) in [5.74, 6) is -0.497. The van der Waals surface area contributed by atoms with Crippen LogP contribution in [-0.2, 0) is 4.79 Å². The van der Waals surface area contributed by atoms with E-state index < -0.39 is 4.92 Å². The predicted octanol–water partition coefficient (Wildman–Crippen LogP) is 0.769. The van der Waals surface area contributed by atoms with E-state index in [1.165, 1.54) is 25.1 Å². The van der Waals surface area contributed by atoms with Crippen molar-refractivity contribution in [3.8, 4) is 0 Å². The highest BCUT2D eigenvalue weighted by atomic mass is 16.6. The topological polar surface area (TPSA) is 101 Å². The lowest BCUT2D eigenvalue weighted by Crippen LogP contribution is -2.33. The summed E-state index contributed by atoms with van der Waals surface area (Å²) in [5.41, 5.74) is 0.764. The lowest BCUT2D eigenvalue weighted by molar-refractivity contribution is -0.385. The van der Waals surface area contributed by atoms with Crippen LogP contribution in [0.2, 0.25) is 0 Å². The largest absolute Gasteiger partial charge is 0.355 e. The average Bonchev–Trinajstić information content (AvgIpc) is 2.33. The molecule has 0 spiro atoms. The summed E-state index contributed by atoms with van der Waals surface area (Å²) < 4.78 is 0. The zero-order valence-electron chi connectivity index (χ0n) is 10.7. The molecule has 1 aromatic carbocycles. The van der Waals surface area contributed by atoms with Gasteiger partial charge in [0, 0.05) is 37.2 Å². The molecule has 0 saturated carbocycles. The summed E-state index contributed by atoms with van der Waals surface area (Å²) in [6, 6.07) is 4.17. The van der Waals surface area contributed by atoms with Gasteiger partial charge < -0.3 is 10.6 Å². The predicted molar refractivity (Wildman–Crippen MR) is 68.9 cm³/mol. The molecule has 0 aliphatic heterocycles. The first kappa shape index (κ1) is 14.6. The van der Waals surface area contributed by atoms with E-state index >= 15 is 0 Å². The SMILES string of the molecule is CC(=O)NCCNC(=O)c1ccc([N+](=O)[O-])c(C)c1. The minimum atomic E-state index is -0.492. The third-order valence-corrected chi connectivity index (χ3v) is 2.44. The Kier molecular flexibility index (Phi) is 4.99. The molecule has 0 saturated heterocycles. The minimum absolute atomic E-state index is 0.0187. The van der Waals surface area contributed by atoms with Crippen molar-refractivity contribution < 1.29 is 14.5 Å². The quantitative estimate of drug-likeness (QED) is 0.466. The molecular formula is C12H15N3O4. The van der Waals surface area contributed by atoms with E-state index in [-0.39, 0.29) is 17.5 Å². The summed E-state index contributed by atoms with van der Waals surface area (Å²) in [6.45, 7) is 3.61. The standard InChI is InChI=1S/C12H15N3O4/c1-8-7-10(3-4-11(8)15(18)19)12(17)14-6-5-13-9(2)16/h3-4,7H,5-6H2,1-2H3,(H,13,16)(H,14,17). The number of amides is 2. The third kappa shape index (κ3) is 4.38. The maximum atomic E-state index is 11.7. The Morgan fingerprint density at radius 1 is 1.26 bits per heavy atom. The van der Waals surface area contributed by atoms with Gasteiger partial charge in [-0.3, -0.25) is 19.7 Å². The fourth-order valence-corrected chi connectivity index (χ4v) is 1.52. The van der Waals surface area contributed by atoms with Crippen molar-refractivity contribution in [1.29, 1.82) is 0 Å². The number of carbonyl (C=O) groups excluding carboxylic acids is 2. The van der Waals surface area contributed by atoms with E-state index in [1.54, 1.807) is 6.92 Å². The van der Waals surface area contributed by atoms with Gasteiger partial charge in [0.15, 0.2) is 0 Å². The fraction of sp³-hybridized carbons (Fsp3) is 0.333. The van der Waals surface area contributed by atoms with Gasteiger partial charge >= 0.3 is 0 Å². The second-order valence-corrected chi connectivity index (χ2v) is 4.00. The Morgan fingerprint density at radius 2 is 1.89 bits per heavy atom. The normalized spacial score (nSPS) is 9.79. The second kappa shape index (κ2) is 6.48. The zero-order valence-corrected chi connectivity index (χ0v) is 10.7. The number of benzene rings is 1. The number of nitro benzene ring substituents is 1. The summed E-state index contributed by atoms with van der Waals surface area (Å²) in [7, 11) is 0. The monoisotopic (exact) mass is 265 g/mol. The molecule has 0 unspecified atom stereocenters. The van der Waals surface area contributed by atoms with Crippen molar-refractivity contribution in [3.63, 3.8) is 0 Å². The number of hydrogen-bond acceptors (Lipinski definition) is 4. The summed E-state index contributed by atoms with van der Waals surface area (Å²) in [4.78, 5) is 32.5. The molecule has 19 heavy (non-hydrogen) atoms. The van der Waals surface area contributed by atoms with Gasteiger partial charge in [-0.2, -0.15) is 0 Å². The number of hydrogen-bond donors (Lipinski definition) is 2. The summed E-state index contributed by atoms with van der Waals surface area (Å²) in [5, 5.41) is 15.8. The first-order valence-corrected chi connectivity index (χ1v) is 5.69. The van der Waals surface area contributed by atoms with Crippen LogP contribution in [0.5, 0.6) is 0 Å². The lowest BCUT2D eigenvalue weighted by atomic mass is 10.1. The Hall–Kier alpha value is -2.44. The molecule has 0 fully saturated rings. The van der Waals surface area contributed by atoms with Crippen LogP contribution >= 0.6 is 0 Å². The molecule has 1 aromatic rings. The van der Waals surface area contributed by atoms with E-state index in [0.717, 1.165) is 0 Å². The van der Waals surface area contributed by atoms with Gasteiger partial charge in [-0.15, -0.1) is 0 Å². The van der Waals surface area contributed by atoms with Crippen LogP contribution in [0.25, 0.3) is 0 Å². The van der Waals surface area contributed by atoms with Gasteiger partial charge in [-0.1, -0.05) is 0 Å². The average molecular weight is 265 g/mol. The third-order valence-electron chi connectivity index (χ3n) is 2.44. The number of nitro groups is 1.